The van der Waals surface area contributed by atoms with Crippen LogP contribution in [0.25, 0.3) is 28.3 Å². The van der Waals surface area contributed by atoms with Crippen molar-refractivity contribution in [1.29, 1.82) is 5.26 Å². The van der Waals surface area contributed by atoms with E-state index in [2.05, 4.69) is 21.3 Å². The molecule has 1 aliphatic rings. The average molecular weight is 552 g/mol. The fourth-order valence-corrected chi connectivity index (χ4v) is 4.97. The zero-order valence-corrected chi connectivity index (χ0v) is 23.0. The number of hydrogen-bond donors (Lipinski definition) is 0. The SMILES string of the molecule is CC(C)(C)OC(=O)N1CC(CC#N)(n2cc(-c3nc(-c4cnn(CCS(C)(=O)=O)c4)cc4nccn34)cn2)C1. The highest BCUT2D eigenvalue weighted by atomic mass is 32.2. The molecule has 5 rings (SSSR count). The second-order valence-corrected chi connectivity index (χ2v) is 13.1. The molecule has 0 saturated carbocycles. The monoisotopic (exact) mass is 551 g/mol. The molecule has 13 nitrogen and oxygen atoms in total. The quantitative estimate of drug-likeness (QED) is 0.337. The van der Waals surface area contributed by atoms with Crippen LogP contribution in [0, 0.1) is 11.3 Å². The van der Waals surface area contributed by atoms with E-state index in [0.29, 0.717) is 35.8 Å². The second kappa shape index (κ2) is 9.49. The maximum atomic E-state index is 12.5. The summed E-state index contributed by atoms with van der Waals surface area (Å²) in [5, 5.41) is 18.4. The number of rotatable bonds is 7. The molecule has 4 aromatic heterocycles. The van der Waals surface area contributed by atoms with E-state index in [4.69, 9.17) is 9.72 Å². The number of hydrogen-bond acceptors (Lipinski definition) is 9. The number of aryl methyl sites for hydroxylation is 1. The number of carbonyl (C=O) groups is 1. The number of likely N-dealkylation sites (tertiary alicyclic amines) is 1. The summed E-state index contributed by atoms with van der Waals surface area (Å²) < 4.78 is 33.7. The molecule has 0 N–H and O–H groups in total. The highest BCUT2D eigenvalue weighted by molar-refractivity contribution is 7.90. The van der Waals surface area contributed by atoms with E-state index in [0.717, 1.165) is 5.56 Å². The summed E-state index contributed by atoms with van der Waals surface area (Å²) in [4.78, 5) is 23.4. The normalized spacial score (nSPS) is 15.2. The van der Waals surface area contributed by atoms with Gasteiger partial charge in [-0.1, -0.05) is 0 Å². The Morgan fingerprint density at radius 2 is 1.92 bits per heavy atom. The highest BCUT2D eigenvalue weighted by Gasteiger charge is 2.48. The standard InChI is InChI=1S/C25H29N9O4S/c1-24(2,3)38-23(35)31-16-25(17-31,5-6-26)34-15-19(13-29-34)22-30-20(11-21-27-7-8-33(21)22)18-12-28-32(14-18)9-10-39(4,36)37/h7-8,11-15H,5,9-10,16-17H2,1-4H3. The first-order chi connectivity index (χ1) is 18.4. The maximum absolute atomic E-state index is 12.5. The van der Waals surface area contributed by atoms with Gasteiger partial charge in [0.05, 0.1) is 61.5 Å². The lowest BCUT2D eigenvalue weighted by Gasteiger charge is -2.48. The third kappa shape index (κ3) is 5.49. The van der Waals surface area contributed by atoms with E-state index >= 15 is 0 Å². The van der Waals surface area contributed by atoms with Crippen LogP contribution >= 0.6 is 0 Å². The average Bonchev–Trinajstić information content (AvgIpc) is 3.58. The molecule has 0 bridgehead atoms. The van der Waals surface area contributed by atoms with Crippen LogP contribution in [0.1, 0.15) is 27.2 Å². The Hall–Kier alpha value is -4.25. The largest absolute Gasteiger partial charge is 0.444 e. The Morgan fingerprint density at radius 3 is 2.62 bits per heavy atom. The number of aromatic nitrogens is 7. The lowest BCUT2D eigenvalue weighted by atomic mass is 9.87. The van der Waals surface area contributed by atoms with Crippen molar-refractivity contribution in [3.05, 3.63) is 43.2 Å². The predicted molar refractivity (Wildman–Crippen MR) is 141 cm³/mol. The van der Waals surface area contributed by atoms with E-state index in [1.807, 2.05) is 37.4 Å². The van der Waals surface area contributed by atoms with Gasteiger partial charge in [-0.15, -0.1) is 0 Å². The molecule has 0 unspecified atom stereocenters. The van der Waals surface area contributed by atoms with Crippen molar-refractivity contribution in [1.82, 2.24) is 38.8 Å². The summed E-state index contributed by atoms with van der Waals surface area (Å²) in [6.07, 6.45) is 11.3. The Bertz CT molecular complexity index is 1680. The second-order valence-electron chi connectivity index (χ2n) is 10.8. The Balaban J connectivity index is 1.43. The van der Waals surface area contributed by atoms with E-state index in [9.17, 15) is 18.5 Å². The summed E-state index contributed by atoms with van der Waals surface area (Å²) in [6.45, 7) is 6.28. The highest BCUT2D eigenvalue weighted by Crippen LogP contribution is 2.34. The van der Waals surface area contributed by atoms with Gasteiger partial charge in [0.25, 0.3) is 0 Å². The summed E-state index contributed by atoms with van der Waals surface area (Å²) in [5.74, 6) is 0.576. The number of nitriles is 1. The molecule has 0 aliphatic carbocycles. The van der Waals surface area contributed by atoms with Gasteiger partial charge in [0.1, 0.15) is 32.4 Å². The Labute approximate surface area is 225 Å². The van der Waals surface area contributed by atoms with Crippen molar-refractivity contribution in [2.24, 2.45) is 0 Å². The molecule has 39 heavy (non-hydrogen) atoms. The van der Waals surface area contributed by atoms with Crippen molar-refractivity contribution in [3.63, 3.8) is 0 Å². The summed E-state index contributed by atoms with van der Waals surface area (Å²) in [5.41, 5.74) is 1.43. The molecule has 1 fully saturated rings. The zero-order valence-electron chi connectivity index (χ0n) is 22.1. The van der Waals surface area contributed by atoms with Crippen LogP contribution in [-0.2, 0) is 26.7 Å². The van der Waals surface area contributed by atoms with Gasteiger partial charge < -0.3 is 9.64 Å². The van der Waals surface area contributed by atoms with Gasteiger partial charge >= 0.3 is 6.09 Å². The topological polar surface area (TPSA) is 153 Å². The predicted octanol–water partition coefficient (Wildman–Crippen LogP) is 2.36. The van der Waals surface area contributed by atoms with Crippen LogP contribution < -0.4 is 0 Å². The molecule has 5 heterocycles. The van der Waals surface area contributed by atoms with E-state index in [-0.39, 0.29) is 18.7 Å². The van der Waals surface area contributed by atoms with Gasteiger partial charge in [-0.05, 0) is 20.8 Å². The van der Waals surface area contributed by atoms with Gasteiger partial charge in [-0.2, -0.15) is 15.5 Å². The molecule has 0 spiro atoms. The van der Waals surface area contributed by atoms with Gasteiger partial charge in [-0.3, -0.25) is 13.8 Å². The zero-order chi connectivity index (χ0) is 28.0. The molecule has 0 aromatic carbocycles. The Kier molecular flexibility index (Phi) is 6.42. The number of imidazole rings is 1. The van der Waals surface area contributed by atoms with Gasteiger partial charge in [0, 0.05) is 42.7 Å². The fraction of sp³-hybridized carbons (Fsp3) is 0.440. The number of sulfone groups is 1. The van der Waals surface area contributed by atoms with Crippen LogP contribution in [0.15, 0.2) is 43.2 Å². The minimum Gasteiger partial charge on any atom is -0.444 e. The van der Waals surface area contributed by atoms with Gasteiger partial charge in [-0.25, -0.2) is 23.2 Å². The number of ether oxygens (including phenoxy) is 1. The van der Waals surface area contributed by atoms with Gasteiger partial charge in [0.2, 0.25) is 0 Å². The molecule has 204 valence electrons. The molecule has 1 saturated heterocycles. The van der Waals surface area contributed by atoms with Crippen molar-refractivity contribution in [3.8, 4) is 28.7 Å². The van der Waals surface area contributed by atoms with E-state index in [1.165, 1.54) is 6.26 Å². The molecule has 0 atom stereocenters. The summed E-state index contributed by atoms with van der Waals surface area (Å²) >= 11 is 0. The lowest BCUT2D eigenvalue weighted by molar-refractivity contribution is -0.0314. The Morgan fingerprint density at radius 1 is 1.18 bits per heavy atom. The maximum Gasteiger partial charge on any atom is 0.410 e. The first-order valence-corrected chi connectivity index (χ1v) is 14.4. The molecule has 1 amide bonds. The van der Waals surface area contributed by atoms with E-state index < -0.39 is 27.1 Å². The fourth-order valence-electron chi connectivity index (χ4n) is 4.45. The lowest BCUT2D eigenvalue weighted by Crippen LogP contribution is -2.64. The van der Waals surface area contributed by atoms with Gasteiger partial charge in [0.15, 0.2) is 0 Å². The van der Waals surface area contributed by atoms with Crippen LogP contribution in [0.5, 0.6) is 0 Å². The van der Waals surface area contributed by atoms with Crippen LogP contribution in [-0.4, -0.2) is 84.0 Å². The molecular weight excluding hydrogens is 522 g/mol. The molecule has 4 aromatic rings. The third-order valence-electron chi connectivity index (χ3n) is 6.37. The number of carbonyl (C=O) groups excluding carboxylic acids is 1. The molecule has 1 aliphatic heterocycles. The number of fused-ring (bicyclic) bond motifs is 1. The molecule has 14 heteroatoms. The first-order valence-electron chi connectivity index (χ1n) is 12.3. The molecule has 0 radical (unpaired) electrons. The van der Waals surface area contributed by atoms with Crippen molar-refractivity contribution >= 4 is 21.6 Å². The van der Waals surface area contributed by atoms with Crippen LogP contribution in [0.2, 0.25) is 0 Å². The van der Waals surface area contributed by atoms with Crippen molar-refractivity contribution < 1.29 is 17.9 Å². The number of amides is 1. The third-order valence-corrected chi connectivity index (χ3v) is 7.29. The first kappa shape index (κ1) is 26.4. The van der Waals surface area contributed by atoms with Crippen LogP contribution in [0.3, 0.4) is 0 Å². The van der Waals surface area contributed by atoms with Crippen LogP contribution in [0.4, 0.5) is 4.79 Å². The van der Waals surface area contributed by atoms with Crippen molar-refractivity contribution in [2.45, 2.75) is 44.9 Å². The molecular formula is C25H29N9O4S. The minimum absolute atomic E-state index is 0.0128. The van der Waals surface area contributed by atoms with E-state index in [1.54, 1.807) is 45.2 Å². The number of nitrogens with zero attached hydrogens (tertiary/aromatic N) is 9. The minimum atomic E-state index is -3.12. The van der Waals surface area contributed by atoms with Crippen molar-refractivity contribution in [2.75, 3.05) is 25.1 Å². The summed E-state index contributed by atoms with van der Waals surface area (Å²) in [6, 6.07) is 4.05. The smallest absolute Gasteiger partial charge is 0.410 e. The summed E-state index contributed by atoms with van der Waals surface area (Å²) in [7, 11) is -3.12.